The quantitative estimate of drug-likeness (QED) is 0.220. The SMILES string of the molecule is CCC(CC)(CC)OOC1(OOC(CC)(CC)CC)CCCC(C)C1. The monoisotopic (exact) mass is 358 g/mol. The molecule has 150 valence electrons. The Hall–Kier alpha value is -0.160. The van der Waals surface area contributed by atoms with Gasteiger partial charge in [0.1, 0.15) is 11.2 Å². The van der Waals surface area contributed by atoms with Crippen molar-refractivity contribution in [1.82, 2.24) is 0 Å². The molecule has 1 unspecified atom stereocenters. The van der Waals surface area contributed by atoms with Gasteiger partial charge < -0.3 is 0 Å². The highest BCUT2D eigenvalue weighted by Gasteiger charge is 2.44. The molecule has 0 N–H and O–H groups in total. The minimum absolute atomic E-state index is 0.242. The third kappa shape index (κ3) is 5.92. The maximum Gasteiger partial charge on any atom is 0.234 e. The van der Waals surface area contributed by atoms with Crippen LogP contribution in [-0.4, -0.2) is 17.0 Å². The molecule has 0 aliphatic heterocycles. The molecule has 4 nitrogen and oxygen atoms in total. The van der Waals surface area contributed by atoms with E-state index in [1.807, 2.05) is 0 Å². The Morgan fingerprint density at radius 3 is 1.48 bits per heavy atom. The van der Waals surface area contributed by atoms with Gasteiger partial charge in [0.15, 0.2) is 0 Å². The Morgan fingerprint density at radius 2 is 1.16 bits per heavy atom. The summed E-state index contributed by atoms with van der Waals surface area (Å²) in [7, 11) is 0. The van der Waals surface area contributed by atoms with E-state index >= 15 is 0 Å². The highest BCUT2D eigenvalue weighted by Crippen LogP contribution is 2.40. The summed E-state index contributed by atoms with van der Waals surface area (Å²) in [4.78, 5) is 24.2. The second kappa shape index (κ2) is 10.2. The fourth-order valence-electron chi connectivity index (χ4n) is 3.80. The molecule has 0 aromatic carbocycles. The van der Waals surface area contributed by atoms with E-state index < -0.39 is 5.79 Å². The lowest BCUT2D eigenvalue weighted by Gasteiger charge is -2.42. The van der Waals surface area contributed by atoms with Gasteiger partial charge >= 0.3 is 0 Å². The van der Waals surface area contributed by atoms with Gasteiger partial charge in [-0.25, -0.2) is 9.78 Å². The standard InChI is InChI=1S/C21H42O4/c1-8-19(9-2,10-3)22-24-21(16-14-15-18(7)17-21)25-23-20(11-4,12-5)13-6/h18H,8-17H2,1-7H3. The van der Waals surface area contributed by atoms with Crippen LogP contribution in [0, 0.1) is 5.92 Å². The van der Waals surface area contributed by atoms with Gasteiger partial charge in [-0.05, 0) is 50.9 Å². The van der Waals surface area contributed by atoms with Crippen LogP contribution in [0.2, 0.25) is 0 Å². The van der Waals surface area contributed by atoms with Crippen molar-refractivity contribution >= 4 is 0 Å². The van der Waals surface area contributed by atoms with Crippen molar-refractivity contribution in [2.75, 3.05) is 0 Å². The molecule has 0 aromatic rings. The van der Waals surface area contributed by atoms with E-state index in [1.54, 1.807) is 0 Å². The van der Waals surface area contributed by atoms with Crippen LogP contribution in [0.15, 0.2) is 0 Å². The largest absolute Gasteiger partial charge is 0.234 e. The summed E-state index contributed by atoms with van der Waals surface area (Å²) in [5, 5.41) is 0. The van der Waals surface area contributed by atoms with Crippen LogP contribution in [0.5, 0.6) is 0 Å². The Labute approximate surface area is 155 Å². The highest BCUT2D eigenvalue weighted by atomic mass is 17.3. The van der Waals surface area contributed by atoms with Gasteiger partial charge in [-0.1, -0.05) is 54.9 Å². The predicted octanol–water partition coefficient (Wildman–Crippen LogP) is 6.73. The van der Waals surface area contributed by atoms with Crippen LogP contribution < -0.4 is 0 Å². The summed E-state index contributed by atoms with van der Waals surface area (Å²) in [6, 6.07) is 0. The first-order valence-corrected chi connectivity index (χ1v) is 10.6. The van der Waals surface area contributed by atoms with Gasteiger partial charge in [0.2, 0.25) is 5.79 Å². The summed E-state index contributed by atoms with van der Waals surface area (Å²) >= 11 is 0. The van der Waals surface area contributed by atoms with Crippen LogP contribution in [0.25, 0.3) is 0 Å². The minimum atomic E-state index is -0.785. The minimum Gasteiger partial charge on any atom is -0.227 e. The van der Waals surface area contributed by atoms with Gasteiger partial charge in [-0.3, -0.25) is 0 Å². The molecular weight excluding hydrogens is 316 g/mol. The van der Waals surface area contributed by atoms with Crippen LogP contribution >= 0.6 is 0 Å². The average molecular weight is 359 g/mol. The van der Waals surface area contributed by atoms with E-state index in [0.29, 0.717) is 5.92 Å². The van der Waals surface area contributed by atoms with Crippen molar-refractivity contribution in [2.24, 2.45) is 5.92 Å². The van der Waals surface area contributed by atoms with Crippen molar-refractivity contribution < 1.29 is 19.6 Å². The number of hydrogen-bond donors (Lipinski definition) is 0. The molecule has 0 aromatic heterocycles. The summed E-state index contributed by atoms with van der Waals surface area (Å²) in [6.45, 7) is 15.2. The maximum absolute atomic E-state index is 6.06. The summed E-state index contributed by atoms with van der Waals surface area (Å²) < 4.78 is 0. The fourth-order valence-corrected chi connectivity index (χ4v) is 3.80. The van der Waals surface area contributed by atoms with Gasteiger partial charge in [0, 0.05) is 12.8 Å². The molecule has 1 atom stereocenters. The van der Waals surface area contributed by atoms with E-state index in [1.165, 1.54) is 6.42 Å². The summed E-state index contributed by atoms with van der Waals surface area (Å²) in [6.07, 6.45) is 9.46. The van der Waals surface area contributed by atoms with Crippen molar-refractivity contribution in [3.63, 3.8) is 0 Å². The van der Waals surface area contributed by atoms with E-state index in [0.717, 1.165) is 57.8 Å². The zero-order valence-corrected chi connectivity index (χ0v) is 17.8. The second-order valence-corrected chi connectivity index (χ2v) is 7.93. The first kappa shape index (κ1) is 22.9. The topological polar surface area (TPSA) is 36.9 Å². The second-order valence-electron chi connectivity index (χ2n) is 7.93. The predicted molar refractivity (Wildman–Crippen MR) is 102 cm³/mol. The Balaban J connectivity index is 2.87. The lowest BCUT2D eigenvalue weighted by molar-refractivity contribution is -0.554. The third-order valence-electron chi connectivity index (χ3n) is 6.52. The molecule has 1 fully saturated rings. The lowest BCUT2D eigenvalue weighted by Crippen LogP contribution is -2.46. The van der Waals surface area contributed by atoms with Gasteiger partial charge in [-0.15, -0.1) is 0 Å². The molecule has 1 saturated carbocycles. The van der Waals surface area contributed by atoms with Crippen molar-refractivity contribution in [3.05, 3.63) is 0 Å². The lowest BCUT2D eigenvalue weighted by atomic mass is 9.86. The van der Waals surface area contributed by atoms with Crippen molar-refractivity contribution in [1.29, 1.82) is 0 Å². The van der Waals surface area contributed by atoms with E-state index in [9.17, 15) is 0 Å². The van der Waals surface area contributed by atoms with Crippen molar-refractivity contribution in [3.8, 4) is 0 Å². The van der Waals surface area contributed by atoms with Crippen molar-refractivity contribution in [2.45, 2.75) is 130 Å². The van der Waals surface area contributed by atoms with Crippen LogP contribution in [0.1, 0.15) is 113 Å². The zero-order valence-electron chi connectivity index (χ0n) is 17.8. The first-order valence-electron chi connectivity index (χ1n) is 10.6. The molecule has 0 spiro atoms. The molecule has 25 heavy (non-hydrogen) atoms. The molecule has 1 rings (SSSR count). The molecule has 0 amide bonds. The fraction of sp³-hybridized carbons (Fsp3) is 1.00. The smallest absolute Gasteiger partial charge is 0.227 e. The maximum atomic E-state index is 6.06. The summed E-state index contributed by atoms with van der Waals surface area (Å²) in [5.41, 5.74) is -0.483. The number of hydrogen-bond acceptors (Lipinski definition) is 4. The Kier molecular flexibility index (Phi) is 9.38. The van der Waals surface area contributed by atoms with Gasteiger partial charge in [0.05, 0.1) is 0 Å². The first-order chi connectivity index (χ1) is 11.9. The van der Waals surface area contributed by atoms with Crippen LogP contribution in [-0.2, 0) is 19.6 Å². The molecule has 4 heteroatoms. The molecule has 1 aliphatic carbocycles. The van der Waals surface area contributed by atoms with Crippen LogP contribution in [0.3, 0.4) is 0 Å². The molecule has 0 radical (unpaired) electrons. The van der Waals surface area contributed by atoms with E-state index in [-0.39, 0.29) is 11.2 Å². The average Bonchev–Trinajstić information content (AvgIpc) is 2.65. The van der Waals surface area contributed by atoms with E-state index in [4.69, 9.17) is 19.6 Å². The number of rotatable bonds is 12. The molecule has 0 saturated heterocycles. The molecular formula is C21H42O4. The van der Waals surface area contributed by atoms with E-state index in [2.05, 4.69) is 48.5 Å². The normalized spacial score (nSPS) is 21.5. The molecule has 0 bridgehead atoms. The van der Waals surface area contributed by atoms with Gasteiger partial charge in [0.25, 0.3) is 0 Å². The zero-order chi connectivity index (χ0) is 19.0. The molecule has 0 heterocycles. The Bertz CT molecular complexity index is 320. The van der Waals surface area contributed by atoms with Crippen LogP contribution in [0.4, 0.5) is 0 Å². The highest BCUT2D eigenvalue weighted by molar-refractivity contribution is 4.80. The Morgan fingerprint density at radius 1 is 0.760 bits per heavy atom. The van der Waals surface area contributed by atoms with Gasteiger partial charge in [-0.2, -0.15) is 9.78 Å². The third-order valence-corrected chi connectivity index (χ3v) is 6.52. The summed E-state index contributed by atoms with van der Waals surface area (Å²) in [5.74, 6) is -0.243. The molecule has 1 aliphatic rings.